The van der Waals surface area contributed by atoms with Crippen LogP contribution in [0.15, 0.2) is 77.0 Å². The fraction of sp³-hybridized carbons (Fsp3) is 0.521. The number of azide groups is 1. The van der Waals surface area contributed by atoms with Crippen LogP contribution in [0.1, 0.15) is 86.4 Å². The van der Waals surface area contributed by atoms with Crippen molar-refractivity contribution in [3.63, 3.8) is 0 Å². The molecule has 4 aliphatic heterocycles. The highest BCUT2D eigenvalue weighted by molar-refractivity contribution is 7.82. The van der Waals surface area contributed by atoms with Crippen LogP contribution < -0.4 is 22.7 Å². The third kappa shape index (κ3) is 21.7. The van der Waals surface area contributed by atoms with E-state index in [1.165, 1.54) is 68.1 Å². The predicted molar refractivity (Wildman–Crippen MR) is 394 cm³/mol. The van der Waals surface area contributed by atoms with Gasteiger partial charge in [0.15, 0.2) is 66.3 Å². The molecule has 3 fully saturated rings. The minimum Gasteiger partial charge on any atom is -0.497 e. The number of nitrogens with one attached hydrogen (secondary N) is 1. The maximum atomic E-state index is 15.2. The Hall–Kier alpha value is -10.8. The average molecular weight is 1670 g/mol. The van der Waals surface area contributed by atoms with Gasteiger partial charge in [0.1, 0.15) is 29.8 Å². The number of ether oxygens (including phenoxy) is 17. The van der Waals surface area contributed by atoms with Crippen LogP contribution in [0.3, 0.4) is 0 Å². The number of rotatable bonds is 35. The number of carbonyl (C=O) groups excluding carboxylic acids is 10. The molecule has 43 heteroatoms. The van der Waals surface area contributed by atoms with Gasteiger partial charge in [0, 0.05) is 112 Å². The zero-order valence-corrected chi connectivity index (χ0v) is 66.2. The number of amides is 2. The van der Waals surface area contributed by atoms with Crippen molar-refractivity contribution in [2.75, 3.05) is 106 Å². The molecule has 0 saturated carbocycles. The van der Waals surface area contributed by atoms with Gasteiger partial charge in [-0.25, -0.2) is 14.4 Å². The first-order valence-corrected chi connectivity index (χ1v) is 37.5. The van der Waals surface area contributed by atoms with Crippen LogP contribution in [0.5, 0.6) is 23.0 Å². The molecule has 3 N–H and O–H groups in total. The molecule has 1 aromatic heterocycles. The Morgan fingerprint density at radius 3 is 1.81 bits per heavy atom. The van der Waals surface area contributed by atoms with Crippen LogP contribution in [0.25, 0.3) is 32.1 Å². The van der Waals surface area contributed by atoms with Crippen LogP contribution in [0.2, 0.25) is 0 Å². The van der Waals surface area contributed by atoms with Gasteiger partial charge in [-0.1, -0.05) is 23.3 Å². The van der Waals surface area contributed by atoms with Crippen LogP contribution >= 0.6 is 11.6 Å². The lowest BCUT2D eigenvalue weighted by Gasteiger charge is -2.46. The minimum absolute atomic E-state index is 0.000758. The van der Waals surface area contributed by atoms with Crippen LogP contribution in [0.4, 0.5) is 5.69 Å². The molecule has 16 atom stereocenters. The van der Waals surface area contributed by atoms with Crippen molar-refractivity contribution in [3.8, 4) is 23.0 Å². The van der Waals surface area contributed by atoms with Crippen molar-refractivity contribution < 1.29 is 160 Å². The molecular formula is C73H86ClN7O34S. The molecular weight excluding hydrogens is 1590 g/mol. The van der Waals surface area contributed by atoms with E-state index in [1.807, 2.05) is 0 Å². The summed E-state index contributed by atoms with van der Waals surface area (Å²) in [5, 5.41) is 31.8. The molecule has 0 aliphatic carbocycles. The molecule has 116 heavy (non-hydrogen) atoms. The minimum atomic E-state index is -5.48. The van der Waals surface area contributed by atoms with E-state index in [0.717, 1.165) is 68.1 Å². The number of fused-ring (bicyclic) bond motifs is 4. The Bertz CT molecular complexity index is 4660. The van der Waals surface area contributed by atoms with Gasteiger partial charge in [-0.3, -0.25) is 33.6 Å². The molecule has 9 rings (SSSR count). The molecule has 0 bridgehead atoms. The number of esters is 8. The summed E-state index contributed by atoms with van der Waals surface area (Å²) in [6.45, 7) is 8.98. The Morgan fingerprint density at radius 2 is 1.18 bits per heavy atom. The normalized spacial score (nSPS) is 24.4. The Labute approximate surface area is 666 Å². The predicted octanol–water partition coefficient (Wildman–Crippen LogP) is 3.66. The monoisotopic (exact) mass is 1670 g/mol. The SMILES string of the molecule is COC(=O)C1OC(O[C@@H]2[C@@H](O)[C@H](O/N=C(\C)c3ccc4[nH]c(C(=O)N5C[C@@H](CCl)c6c5cc(OS(=O)(=O)Oc5cc(C(=O)N(C)CCOCCOCCOCCN=[N+]=[N-])ccc5O[C@@H]5O[C@H](C(=O)OC)[C@@H](C)[C@H](OC(C)=O)[C@H]5OC(C)=O)c5ccc(OC)cc65)cc4c3)O[C@H](C(=O)OC)[C@H]2O)[C@H](OC(C)=O)[C@@H](OC(C)=O)[C@@H]1OC(C)=O. The van der Waals surface area contributed by atoms with Crippen molar-refractivity contribution in [1.29, 1.82) is 0 Å². The number of aromatic amines is 1. The summed E-state index contributed by atoms with van der Waals surface area (Å²) >= 11 is 6.72. The number of nitrogens with zero attached hydrogens (tertiary/aromatic N) is 6. The number of halogens is 1. The second kappa shape index (κ2) is 40.2. The highest BCUT2D eigenvalue weighted by Crippen LogP contribution is 2.48. The summed E-state index contributed by atoms with van der Waals surface area (Å²) < 4.78 is 135. The Kier molecular flexibility index (Phi) is 30.9. The van der Waals surface area contributed by atoms with Crippen LogP contribution in [-0.2, 0) is 125 Å². The van der Waals surface area contributed by atoms with Gasteiger partial charge in [0.25, 0.3) is 18.1 Å². The van der Waals surface area contributed by atoms with Crippen LogP contribution in [-0.4, -0.2) is 280 Å². The van der Waals surface area contributed by atoms with E-state index in [1.54, 1.807) is 24.3 Å². The zero-order chi connectivity index (χ0) is 84.6. The summed E-state index contributed by atoms with van der Waals surface area (Å²) in [6, 6.07) is 15.5. The van der Waals surface area contributed by atoms with E-state index in [0.29, 0.717) is 33.2 Å². The molecule has 0 spiro atoms. The van der Waals surface area contributed by atoms with Gasteiger partial charge in [0.2, 0.25) is 12.4 Å². The summed E-state index contributed by atoms with van der Waals surface area (Å²) in [5.74, 6) is -12.7. The summed E-state index contributed by atoms with van der Waals surface area (Å²) in [4.78, 5) is 146. The van der Waals surface area contributed by atoms with Gasteiger partial charge >= 0.3 is 58.2 Å². The van der Waals surface area contributed by atoms with Gasteiger partial charge in [-0.15, -0.1) is 20.0 Å². The number of anilines is 1. The molecule has 5 heterocycles. The second-order valence-corrected chi connectivity index (χ2v) is 27.7. The van der Waals surface area contributed by atoms with Crippen molar-refractivity contribution in [2.45, 2.75) is 140 Å². The number of hydrogen-bond donors (Lipinski definition) is 3. The first-order valence-electron chi connectivity index (χ1n) is 35.6. The number of alkyl halides is 1. The number of likely N-dealkylation sites (N-methyl/N-ethyl adjacent to an activating group) is 1. The first kappa shape index (κ1) is 89.2. The Morgan fingerprint density at radius 1 is 0.612 bits per heavy atom. The number of aliphatic hydroxyl groups excluding tert-OH is 2. The molecule has 630 valence electrons. The average Bonchev–Trinajstić information content (AvgIpc) is 1.54. The van der Waals surface area contributed by atoms with E-state index in [4.69, 9.17) is 111 Å². The number of hydrogen-bond acceptors (Lipinski definition) is 36. The largest absolute Gasteiger partial charge is 0.501 e. The second-order valence-electron chi connectivity index (χ2n) is 26.3. The van der Waals surface area contributed by atoms with Crippen molar-refractivity contribution in [3.05, 3.63) is 99.6 Å². The fourth-order valence-corrected chi connectivity index (χ4v) is 14.0. The number of aliphatic hydroxyl groups is 2. The number of methoxy groups -OCH3 is 4. The van der Waals surface area contributed by atoms with Gasteiger partial charge in [0.05, 0.1) is 79.5 Å². The molecule has 2 unspecified atom stereocenters. The summed E-state index contributed by atoms with van der Waals surface area (Å²) in [7, 11) is 0.320. The molecule has 3 saturated heterocycles. The van der Waals surface area contributed by atoms with Crippen molar-refractivity contribution in [2.24, 2.45) is 16.2 Å². The lowest BCUT2D eigenvalue weighted by molar-refractivity contribution is -0.354. The third-order valence-corrected chi connectivity index (χ3v) is 19.4. The lowest BCUT2D eigenvalue weighted by atomic mass is 9.90. The van der Waals surface area contributed by atoms with Gasteiger partial charge in [-0.05, 0) is 83.6 Å². The molecule has 2 amide bonds. The first-order chi connectivity index (χ1) is 55.2. The highest BCUT2D eigenvalue weighted by Gasteiger charge is 2.59. The van der Waals surface area contributed by atoms with E-state index in [9.17, 15) is 61.8 Å². The highest BCUT2D eigenvalue weighted by atomic mass is 35.5. The van der Waals surface area contributed by atoms with E-state index in [2.05, 4.69) is 20.2 Å². The van der Waals surface area contributed by atoms with Crippen molar-refractivity contribution in [1.82, 2.24) is 9.88 Å². The number of oxime groups is 1. The lowest BCUT2D eigenvalue weighted by Crippen LogP contribution is -2.67. The van der Waals surface area contributed by atoms with Gasteiger partial charge in [-0.2, -0.15) is 0 Å². The van der Waals surface area contributed by atoms with Crippen LogP contribution in [0, 0.1) is 5.92 Å². The van der Waals surface area contributed by atoms with Gasteiger partial charge < -0.3 is 119 Å². The molecule has 4 aliphatic rings. The zero-order valence-electron chi connectivity index (χ0n) is 64.6. The number of aromatic nitrogens is 1. The smallest absolute Gasteiger partial charge is 0.497 e. The Balaban J connectivity index is 0.995. The maximum absolute atomic E-state index is 15.2. The third-order valence-electron chi connectivity index (χ3n) is 18.3. The fourth-order valence-electron chi connectivity index (χ4n) is 13.0. The number of benzene rings is 4. The molecule has 0 radical (unpaired) electrons. The number of H-pyrrole nitrogens is 1. The maximum Gasteiger partial charge on any atom is 0.501 e. The standard InChI is InChI=1S/C73H86ClN7O34S/c1-34-57(103-36(3)82)64(106-39(6)85)72(109-58(34)68(91)97-10)108-51-18-14-42(66(89)80(8)20-22-101-24-26-102-25-23-100-21-19-76-79-75)29-53(51)115-116(94,95)114-52-31-50-54(47-30-45(96-9)15-16-46(47)52)44(32-74)33-81(50)67(90)49-28-43-27-41(13-17-48(43)77-49)35(2)78-113-71-56(88)59(55(87)60(111-71)69(92)98-11)110-73-65(107-40(7)86)62(105-38(5)84)61(104-37(4)83)63(112-73)70(93)99-12/h13-18,27-31,34,44,55-65,71-73,77,87-88H,19-26,32-33H2,1-12H3/b78-35+/t34-,44+,55-,56+,57-,58-,59-,60-,61-,62-,63?,64+,65+,71-,72+,73?/m0/s1. The molecule has 4 aromatic carbocycles. The molecule has 5 aromatic rings. The summed E-state index contributed by atoms with van der Waals surface area (Å²) in [5.41, 5.74) is 9.64. The van der Waals surface area contributed by atoms with E-state index < -0.39 is 185 Å². The van der Waals surface area contributed by atoms with E-state index in [-0.39, 0.29) is 93.2 Å². The van der Waals surface area contributed by atoms with Crippen molar-refractivity contribution >= 4 is 115 Å². The number of carbonyl (C=O) groups is 10. The van der Waals surface area contributed by atoms with E-state index >= 15 is 4.79 Å². The molecule has 41 nitrogen and oxygen atoms in total. The summed E-state index contributed by atoms with van der Waals surface area (Å²) in [6.07, 6.45) is -26.6. The topological polar surface area (TPSA) is 513 Å². The quantitative estimate of drug-likeness (QED) is 0.00599.